The highest BCUT2D eigenvalue weighted by Gasteiger charge is 2.11. The van der Waals surface area contributed by atoms with E-state index >= 15 is 0 Å². The van der Waals surface area contributed by atoms with Crippen LogP contribution in [-0.4, -0.2) is 36.8 Å². The number of carboxylic acid groups (broad SMARTS) is 1. The maximum absolute atomic E-state index is 11.3. The van der Waals surface area contributed by atoms with Crippen LogP contribution in [0.5, 0.6) is 0 Å². The number of nitrogens with zero attached hydrogens (tertiary/aromatic N) is 1. The van der Waals surface area contributed by atoms with Crippen LogP contribution < -0.4 is 4.72 Å². The Kier molecular flexibility index (Phi) is 4.39. The van der Waals surface area contributed by atoms with Gasteiger partial charge in [0, 0.05) is 12.4 Å². The highest BCUT2D eigenvalue weighted by atomic mass is 32.2. The number of rotatable bonds is 6. The van der Waals surface area contributed by atoms with Gasteiger partial charge in [-0.1, -0.05) is 0 Å². The largest absolute Gasteiger partial charge is 0.480 e. The topological polar surface area (TPSA) is 96.4 Å². The molecule has 0 aliphatic heterocycles. The van der Waals surface area contributed by atoms with Gasteiger partial charge in [-0.3, -0.25) is 9.78 Å². The molecule has 0 spiro atoms. The fraction of sp³-hybridized carbons (Fsp3) is 0.333. The van der Waals surface area contributed by atoms with Gasteiger partial charge in [0.25, 0.3) is 0 Å². The molecule has 0 saturated carbocycles. The van der Waals surface area contributed by atoms with Crippen molar-refractivity contribution in [2.24, 2.45) is 0 Å². The van der Waals surface area contributed by atoms with Crippen LogP contribution in [-0.2, 0) is 21.2 Å². The van der Waals surface area contributed by atoms with Crippen molar-refractivity contribution in [3.05, 3.63) is 30.1 Å². The third-order valence-electron chi connectivity index (χ3n) is 1.85. The third kappa shape index (κ3) is 4.85. The quantitative estimate of drug-likeness (QED) is 0.711. The van der Waals surface area contributed by atoms with Gasteiger partial charge in [0.1, 0.15) is 6.54 Å². The number of aromatic nitrogens is 1. The van der Waals surface area contributed by atoms with Crippen molar-refractivity contribution in [2.45, 2.75) is 6.42 Å². The normalized spacial score (nSPS) is 11.2. The smallest absolute Gasteiger partial charge is 0.318 e. The maximum Gasteiger partial charge on any atom is 0.318 e. The number of aryl methyl sites for hydroxylation is 1. The summed E-state index contributed by atoms with van der Waals surface area (Å²) in [5.41, 5.74) is 0.843. The average Bonchev–Trinajstić information content (AvgIpc) is 2.26. The molecular weight excluding hydrogens is 232 g/mol. The Labute approximate surface area is 93.4 Å². The first-order valence-electron chi connectivity index (χ1n) is 4.57. The summed E-state index contributed by atoms with van der Waals surface area (Å²) in [5, 5.41) is 8.33. The van der Waals surface area contributed by atoms with E-state index in [0.29, 0.717) is 6.42 Å². The number of sulfonamides is 1. The molecule has 0 bridgehead atoms. The van der Waals surface area contributed by atoms with Crippen LogP contribution in [0, 0.1) is 0 Å². The van der Waals surface area contributed by atoms with Crippen LogP contribution in [0.1, 0.15) is 5.56 Å². The van der Waals surface area contributed by atoms with Crippen molar-refractivity contribution in [1.29, 1.82) is 0 Å². The molecule has 0 radical (unpaired) electrons. The summed E-state index contributed by atoms with van der Waals surface area (Å²) in [4.78, 5) is 14.0. The second-order valence-electron chi connectivity index (χ2n) is 3.14. The number of pyridine rings is 1. The van der Waals surface area contributed by atoms with Gasteiger partial charge in [-0.25, -0.2) is 13.1 Å². The van der Waals surface area contributed by atoms with Gasteiger partial charge < -0.3 is 5.11 Å². The summed E-state index contributed by atoms with van der Waals surface area (Å²) in [7, 11) is -3.53. The fourth-order valence-corrected chi connectivity index (χ4v) is 2.04. The van der Waals surface area contributed by atoms with E-state index in [4.69, 9.17) is 5.11 Å². The van der Waals surface area contributed by atoms with Crippen molar-refractivity contribution in [3.63, 3.8) is 0 Å². The predicted molar refractivity (Wildman–Crippen MR) is 57.4 cm³/mol. The van der Waals surface area contributed by atoms with Gasteiger partial charge in [-0.2, -0.15) is 0 Å². The minimum Gasteiger partial charge on any atom is -0.480 e. The Balaban J connectivity index is 2.45. The lowest BCUT2D eigenvalue weighted by atomic mass is 10.2. The Morgan fingerprint density at radius 3 is 2.56 bits per heavy atom. The van der Waals surface area contributed by atoms with E-state index in [9.17, 15) is 13.2 Å². The molecule has 0 amide bonds. The molecule has 88 valence electrons. The summed E-state index contributed by atoms with van der Waals surface area (Å²) in [5.74, 6) is -1.34. The van der Waals surface area contributed by atoms with E-state index in [0.717, 1.165) is 5.56 Å². The van der Waals surface area contributed by atoms with E-state index in [1.54, 1.807) is 24.5 Å². The standard InChI is InChI=1S/C9H12N2O4S/c12-9(13)7-11-16(14,15)6-3-8-1-4-10-5-2-8/h1-2,4-5,11H,3,6-7H2,(H,12,13). The number of nitrogens with one attached hydrogen (secondary N) is 1. The van der Waals surface area contributed by atoms with Crippen LogP contribution in [0.2, 0.25) is 0 Å². The molecule has 0 fully saturated rings. The lowest BCUT2D eigenvalue weighted by Crippen LogP contribution is -2.31. The average molecular weight is 244 g/mol. The molecule has 16 heavy (non-hydrogen) atoms. The lowest BCUT2D eigenvalue weighted by Gasteiger charge is -2.04. The molecule has 1 aromatic rings. The maximum atomic E-state index is 11.3. The minimum absolute atomic E-state index is 0.135. The second-order valence-corrected chi connectivity index (χ2v) is 5.07. The van der Waals surface area contributed by atoms with E-state index in [-0.39, 0.29) is 5.75 Å². The van der Waals surface area contributed by atoms with Crippen molar-refractivity contribution in [2.75, 3.05) is 12.3 Å². The van der Waals surface area contributed by atoms with Gasteiger partial charge in [0.05, 0.1) is 5.75 Å². The molecule has 1 heterocycles. The summed E-state index contributed by atoms with van der Waals surface area (Å²) in [6, 6.07) is 3.43. The monoisotopic (exact) mass is 244 g/mol. The summed E-state index contributed by atoms with van der Waals surface area (Å²) >= 11 is 0. The SMILES string of the molecule is O=C(O)CNS(=O)(=O)CCc1ccncc1. The first kappa shape index (κ1) is 12.6. The van der Waals surface area contributed by atoms with Gasteiger partial charge in [-0.05, 0) is 24.1 Å². The van der Waals surface area contributed by atoms with E-state index in [2.05, 4.69) is 4.98 Å². The van der Waals surface area contributed by atoms with Crippen LogP contribution >= 0.6 is 0 Å². The molecule has 0 atom stereocenters. The van der Waals surface area contributed by atoms with Crippen LogP contribution in [0.25, 0.3) is 0 Å². The van der Waals surface area contributed by atoms with Crippen molar-refractivity contribution in [3.8, 4) is 0 Å². The van der Waals surface area contributed by atoms with Crippen LogP contribution in [0.15, 0.2) is 24.5 Å². The van der Waals surface area contributed by atoms with E-state index in [1.165, 1.54) is 0 Å². The van der Waals surface area contributed by atoms with E-state index < -0.39 is 22.5 Å². The second kappa shape index (κ2) is 5.57. The molecule has 0 aliphatic rings. The van der Waals surface area contributed by atoms with Gasteiger partial charge in [0.15, 0.2) is 0 Å². The van der Waals surface area contributed by atoms with Gasteiger partial charge in [-0.15, -0.1) is 0 Å². The number of hydrogen-bond donors (Lipinski definition) is 2. The van der Waals surface area contributed by atoms with Crippen LogP contribution in [0.4, 0.5) is 0 Å². The number of hydrogen-bond acceptors (Lipinski definition) is 4. The van der Waals surface area contributed by atoms with Gasteiger partial charge >= 0.3 is 5.97 Å². The first-order chi connectivity index (χ1) is 7.49. The molecule has 2 N–H and O–H groups in total. The zero-order chi connectivity index (χ0) is 12.0. The molecule has 0 saturated heterocycles. The highest BCUT2D eigenvalue weighted by molar-refractivity contribution is 7.89. The Morgan fingerprint density at radius 2 is 2.00 bits per heavy atom. The van der Waals surface area contributed by atoms with Crippen molar-refractivity contribution in [1.82, 2.24) is 9.71 Å². The number of carbonyl (C=O) groups is 1. The molecule has 0 unspecified atom stereocenters. The third-order valence-corrected chi connectivity index (χ3v) is 3.18. The summed E-state index contributed by atoms with van der Waals surface area (Å²) < 4.78 is 24.6. The zero-order valence-electron chi connectivity index (χ0n) is 8.46. The molecule has 1 rings (SSSR count). The molecule has 1 aromatic heterocycles. The number of aliphatic carboxylic acids is 1. The van der Waals surface area contributed by atoms with Gasteiger partial charge in [0.2, 0.25) is 10.0 Å². The highest BCUT2D eigenvalue weighted by Crippen LogP contribution is 1.99. The predicted octanol–water partition coefficient (Wildman–Crippen LogP) is -0.372. The molecule has 7 heteroatoms. The minimum atomic E-state index is -3.53. The summed E-state index contributed by atoms with van der Waals surface area (Å²) in [6.07, 6.45) is 3.48. The lowest BCUT2D eigenvalue weighted by molar-refractivity contribution is -0.135. The first-order valence-corrected chi connectivity index (χ1v) is 6.23. The summed E-state index contributed by atoms with van der Waals surface area (Å²) in [6.45, 7) is -0.585. The Hall–Kier alpha value is -1.47. The zero-order valence-corrected chi connectivity index (χ0v) is 9.27. The Morgan fingerprint density at radius 1 is 1.38 bits per heavy atom. The van der Waals surface area contributed by atoms with E-state index in [1.807, 2.05) is 4.72 Å². The van der Waals surface area contributed by atoms with Crippen LogP contribution in [0.3, 0.4) is 0 Å². The molecule has 0 aliphatic carbocycles. The van der Waals surface area contributed by atoms with Crippen molar-refractivity contribution < 1.29 is 18.3 Å². The van der Waals surface area contributed by atoms with Crippen molar-refractivity contribution >= 4 is 16.0 Å². The number of carboxylic acids is 1. The molecule has 6 nitrogen and oxygen atoms in total. The molecular formula is C9H12N2O4S. The Bertz CT molecular complexity index is 444. The fourth-order valence-electron chi connectivity index (χ4n) is 1.05. The molecule has 0 aromatic carbocycles.